The Labute approximate surface area is 158 Å². The van der Waals surface area contributed by atoms with Gasteiger partial charge in [0.1, 0.15) is 5.69 Å². The minimum absolute atomic E-state index is 0.156. The molecule has 0 bridgehead atoms. The second-order valence-corrected chi connectivity index (χ2v) is 7.09. The third-order valence-electron chi connectivity index (χ3n) is 4.63. The number of nitrogens with one attached hydrogen (secondary N) is 2. The van der Waals surface area contributed by atoms with E-state index in [0.29, 0.717) is 16.3 Å². The number of rotatable bonds is 4. The summed E-state index contributed by atoms with van der Waals surface area (Å²) in [6.07, 6.45) is 7.04. The smallest absolute Gasteiger partial charge is 0.274 e. The summed E-state index contributed by atoms with van der Waals surface area (Å²) in [5, 5.41) is 6.47. The number of aromatic nitrogens is 1. The molecule has 1 aromatic carbocycles. The second-order valence-electron chi connectivity index (χ2n) is 6.65. The van der Waals surface area contributed by atoms with Crippen LogP contribution in [0.15, 0.2) is 36.5 Å². The molecule has 0 radical (unpaired) electrons. The number of amides is 2. The van der Waals surface area contributed by atoms with Crippen molar-refractivity contribution in [1.82, 2.24) is 10.3 Å². The third-order valence-corrected chi connectivity index (χ3v) is 4.87. The van der Waals surface area contributed by atoms with E-state index in [0.717, 1.165) is 31.2 Å². The zero-order valence-corrected chi connectivity index (χ0v) is 15.5. The number of benzene rings is 1. The first kappa shape index (κ1) is 18.4. The van der Waals surface area contributed by atoms with Crippen LogP contribution in [0, 0.1) is 6.92 Å². The number of carbonyl (C=O) groups is 2. The number of pyridine rings is 1. The minimum Gasteiger partial charge on any atom is -0.349 e. The van der Waals surface area contributed by atoms with Gasteiger partial charge in [-0.15, -0.1) is 0 Å². The Morgan fingerprint density at radius 2 is 1.85 bits per heavy atom. The van der Waals surface area contributed by atoms with Crippen LogP contribution in [0.1, 0.15) is 58.5 Å². The molecule has 26 heavy (non-hydrogen) atoms. The van der Waals surface area contributed by atoms with Crippen LogP contribution >= 0.6 is 11.6 Å². The maximum atomic E-state index is 12.5. The molecule has 1 fully saturated rings. The summed E-state index contributed by atoms with van der Waals surface area (Å²) >= 11 is 5.94. The minimum atomic E-state index is -0.359. The van der Waals surface area contributed by atoms with Crippen LogP contribution in [0.3, 0.4) is 0 Å². The monoisotopic (exact) mass is 371 g/mol. The summed E-state index contributed by atoms with van der Waals surface area (Å²) in [5.74, 6) is -0.515. The van der Waals surface area contributed by atoms with Gasteiger partial charge < -0.3 is 10.6 Å². The molecule has 136 valence electrons. The van der Waals surface area contributed by atoms with Crippen LogP contribution in [0.25, 0.3) is 0 Å². The fourth-order valence-corrected chi connectivity index (χ4v) is 3.39. The van der Waals surface area contributed by atoms with Gasteiger partial charge in [0.2, 0.25) is 0 Å². The molecular formula is C20H22ClN3O2. The van der Waals surface area contributed by atoms with Gasteiger partial charge in [0, 0.05) is 28.5 Å². The largest absolute Gasteiger partial charge is 0.349 e. The van der Waals surface area contributed by atoms with Crippen LogP contribution < -0.4 is 10.6 Å². The van der Waals surface area contributed by atoms with Crippen LogP contribution in [0.2, 0.25) is 5.02 Å². The zero-order chi connectivity index (χ0) is 18.5. The predicted molar refractivity (Wildman–Crippen MR) is 103 cm³/mol. The van der Waals surface area contributed by atoms with Gasteiger partial charge in [0.15, 0.2) is 0 Å². The van der Waals surface area contributed by atoms with Crippen molar-refractivity contribution in [2.75, 3.05) is 5.32 Å². The zero-order valence-electron chi connectivity index (χ0n) is 14.7. The molecule has 0 spiro atoms. The molecule has 0 aliphatic heterocycles. The summed E-state index contributed by atoms with van der Waals surface area (Å²) in [5.41, 5.74) is 2.18. The Kier molecular flexibility index (Phi) is 5.89. The molecule has 3 rings (SSSR count). The quantitative estimate of drug-likeness (QED) is 0.838. The maximum absolute atomic E-state index is 12.5. The Balaban J connectivity index is 1.69. The highest BCUT2D eigenvalue weighted by Gasteiger charge is 2.18. The Bertz CT molecular complexity index is 816. The summed E-state index contributed by atoms with van der Waals surface area (Å²) < 4.78 is 0. The van der Waals surface area contributed by atoms with E-state index >= 15 is 0 Å². The van der Waals surface area contributed by atoms with Crippen LogP contribution in [0.4, 0.5) is 5.69 Å². The lowest BCUT2D eigenvalue weighted by Gasteiger charge is -2.22. The van der Waals surface area contributed by atoms with Gasteiger partial charge in [0.25, 0.3) is 11.8 Å². The maximum Gasteiger partial charge on any atom is 0.274 e. The van der Waals surface area contributed by atoms with Gasteiger partial charge in [-0.1, -0.05) is 30.9 Å². The lowest BCUT2D eigenvalue weighted by molar-refractivity contribution is 0.0927. The summed E-state index contributed by atoms with van der Waals surface area (Å²) in [6, 6.07) is 8.61. The molecule has 0 unspecified atom stereocenters. The van der Waals surface area contributed by atoms with Crippen molar-refractivity contribution in [3.8, 4) is 0 Å². The average molecular weight is 372 g/mol. The van der Waals surface area contributed by atoms with E-state index < -0.39 is 0 Å². The molecular weight excluding hydrogens is 350 g/mol. The van der Waals surface area contributed by atoms with E-state index in [4.69, 9.17) is 11.6 Å². The van der Waals surface area contributed by atoms with Crippen molar-refractivity contribution in [1.29, 1.82) is 0 Å². The molecule has 2 aromatic rings. The van der Waals surface area contributed by atoms with Crippen LogP contribution in [-0.4, -0.2) is 22.8 Å². The number of anilines is 1. The molecule has 0 saturated heterocycles. The van der Waals surface area contributed by atoms with Crippen molar-refractivity contribution in [3.05, 3.63) is 58.4 Å². The number of aryl methyl sites for hydroxylation is 1. The van der Waals surface area contributed by atoms with Crippen molar-refractivity contribution in [3.63, 3.8) is 0 Å². The van der Waals surface area contributed by atoms with Crippen LogP contribution in [0.5, 0.6) is 0 Å². The number of hydrogen-bond donors (Lipinski definition) is 2. The van der Waals surface area contributed by atoms with E-state index in [1.54, 1.807) is 24.3 Å². The van der Waals surface area contributed by atoms with Crippen molar-refractivity contribution in [2.45, 2.75) is 45.1 Å². The van der Waals surface area contributed by atoms with Gasteiger partial charge in [0.05, 0.1) is 0 Å². The summed E-state index contributed by atoms with van der Waals surface area (Å²) in [6.45, 7) is 1.86. The van der Waals surface area contributed by atoms with Crippen molar-refractivity contribution < 1.29 is 9.59 Å². The standard InChI is InChI=1S/C20H22ClN3O2/c1-13-11-15(21)7-8-17(13)24-20(26)18-12-14(9-10-22-18)19(25)23-16-5-3-2-4-6-16/h7-12,16H,2-6H2,1H3,(H,23,25)(H,24,26). The van der Waals surface area contributed by atoms with Gasteiger partial charge in [-0.25, -0.2) is 0 Å². The van der Waals surface area contributed by atoms with Gasteiger partial charge in [-0.3, -0.25) is 14.6 Å². The highest BCUT2D eigenvalue weighted by Crippen LogP contribution is 2.20. The average Bonchev–Trinajstić information content (AvgIpc) is 2.65. The highest BCUT2D eigenvalue weighted by atomic mass is 35.5. The SMILES string of the molecule is Cc1cc(Cl)ccc1NC(=O)c1cc(C(=O)NC2CCCCC2)ccn1. The van der Waals surface area contributed by atoms with Crippen molar-refractivity contribution in [2.24, 2.45) is 0 Å². The lowest BCUT2D eigenvalue weighted by atomic mass is 9.95. The fourth-order valence-electron chi connectivity index (χ4n) is 3.17. The molecule has 1 saturated carbocycles. The van der Waals surface area contributed by atoms with Gasteiger partial charge in [-0.05, 0) is 55.7 Å². The van der Waals surface area contributed by atoms with E-state index in [1.165, 1.54) is 18.7 Å². The summed E-state index contributed by atoms with van der Waals surface area (Å²) in [7, 11) is 0. The molecule has 1 aliphatic rings. The number of carbonyl (C=O) groups excluding carboxylic acids is 2. The molecule has 6 heteroatoms. The molecule has 1 aliphatic carbocycles. The van der Waals surface area contributed by atoms with E-state index in [9.17, 15) is 9.59 Å². The first-order chi connectivity index (χ1) is 12.5. The first-order valence-electron chi connectivity index (χ1n) is 8.87. The third kappa shape index (κ3) is 4.61. The Morgan fingerprint density at radius 1 is 1.08 bits per heavy atom. The number of nitrogens with zero attached hydrogens (tertiary/aromatic N) is 1. The Hall–Kier alpha value is -2.40. The Morgan fingerprint density at radius 3 is 2.58 bits per heavy atom. The summed E-state index contributed by atoms with van der Waals surface area (Å²) in [4.78, 5) is 29.0. The lowest BCUT2D eigenvalue weighted by Crippen LogP contribution is -2.36. The topological polar surface area (TPSA) is 71.1 Å². The molecule has 1 aromatic heterocycles. The molecule has 0 atom stereocenters. The van der Waals surface area contributed by atoms with Crippen LogP contribution in [-0.2, 0) is 0 Å². The van der Waals surface area contributed by atoms with E-state index in [2.05, 4.69) is 15.6 Å². The molecule has 2 amide bonds. The predicted octanol–water partition coefficient (Wildman–Crippen LogP) is 4.36. The molecule has 1 heterocycles. The number of hydrogen-bond acceptors (Lipinski definition) is 3. The second kappa shape index (κ2) is 8.32. The van der Waals surface area contributed by atoms with Gasteiger partial charge >= 0.3 is 0 Å². The fraction of sp³-hybridized carbons (Fsp3) is 0.350. The first-order valence-corrected chi connectivity index (χ1v) is 9.25. The molecule has 2 N–H and O–H groups in total. The van der Waals surface area contributed by atoms with Crippen molar-refractivity contribution >= 4 is 29.1 Å². The molecule has 5 nitrogen and oxygen atoms in total. The highest BCUT2D eigenvalue weighted by molar-refractivity contribution is 6.30. The number of halogens is 1. The normalized spacial score (nSPS) is 14.7. The van der Waals surface area contributed by atoms with E-state index in [-0.39, 0.29) is 23.6 Å². The van der Waals surface area contributed by atoms with Gasteiger partial charge in [-0.2, -0.15) is 0 Å². The van der Waals surface area contributed by atoms with E-state index in [1.807, 2.05) is 6.92 Å².